The summed E-state index contributed by atoms with van der Waals surface area (Å²) in [5, 5.41) is 9.52. The lowest BCUT2D eigenvalue weighted by Crippen LogP contribution is -2.09. The first-order valence-corrected chi connectivity index (χ1v) is 4.53. The van der Waals surface area contributed by atoms with Gasteiger partial charge in [0.05, 0.1) is 0 Å². The van der Waals surface area contributed by atoms with Gasteiger partial charge in [-0.25, -0.2) is 4.99 Å². The second kappa shape index (κ2) is 3.67. The van der Waals surface area contributed by atoms with Crippen LogP contribution in [0.15, 0.2) is 17.1 Å². The largest absolute Gasteiger partial charge is 0.506 e. The smallest absolute Gasteiger partial charge is 0.152 e. The van der Waals surface area contributed by atoms with Gasteiger partial charge < -0.3 is 15.6 Å². The molecule has 0 amide bonds. The third-order valence-electron chi connectivity index (χ3n) is 2.13. The molecule has 1 aromatic carbocycles. The third kappa shape index (κ3) is 1.44. The van der Waals surface area contributed by atoms with Crippen molar-refractivity contribution < 1.29 is 9.84 Å². The van der Waals surface area contributed by atoms with Gasteiger partial charge in [-0.2, -0.15) is 0 Å². The highest BCUT2D eigenvalue weighted by Crippen LogP contribution is 2.40. The molecule has 1 aromatic rings. The number of phenolic OH excluding ortho intramolecular Hbond substituents is 1. The number of phenols is 1. The minimum atomic E-state index is 0.150. The predicted octanol–water partition coefficient (Wildman–Crippen LogP) is 0.988. The Morgan fingerprint density at radius 3 is 3.14 bits per heavy atom. The molecule has 3 N–H and O–H groups in total. The Bertz CT molecular complexity index is 375. The van der Waals surface area contributed by atoms with E-state index in [1.54, 1.807) is 12.3 Å². The van der Waals surface area contributed by atoms with Crippen molar-refractivity contribution in [3.05, 3.63) is 17.7 Å². The van der Waals surface area contributed by atoms with Crippen molar-refractivity contribution in [2.45, 2.75) is 6.42 Å². The van der Waals surface area contributed by atoms with Crippen molar-refractivity contribution in [1.29, 1.82) is 0 Å². The molecule has 0 aromatic heterocycles. The Kier molecular flexibility index (Phi) is 2.37. The molecule has 0 fully saturated rings. The standard InChI is InChI=1S/C10H12N2O2/c11-4-3-7-1-2-8(13)9-10(7)14-6-5-12-9/h1-2,5,13H,3-4,6,11H2. The van der Waals surface area contributed by atoms with Crippen molar-refractivity contribution in [1.82, 2.24) is 0 Å². The summed E-state index contributed by atoms with van der Waals surface area (Å²) < 4.78 is 5.42. The van der Waals surface area contributed by atoms with Crippen LogP contribution in [0.3, 0.4) is 0 Å². The van der Waals surface area contributed by atoms with Crippen molar-refractivity contribution in [2.24, 2.45) is 10.7 Å². The van der Waals surface area contributed by atoms with Gasteiger partial charge in [0, 0.05) is 6.21 Å². The minimum Gasteiger partial charge on any atom is -0.506 e. The molecule has 0 unspecified atom stereocenters. The number of ether oxygens (including phenoxy) is 1. The van der Waals surface area contributed by atoms with Crippen LogP contribution in [0.25, 0.3) is 0 Å². The Morgan fingerprint density at radius 1 is 1.50 bits per heavy atom. The molecule has 0 aliphatic carbocycles. The Hall–Kier alpha value is -1.55. The molecule has 0 saturated carbocycles. The average Bonchev–Trinajstić information content (AvgIpc) is 2.23. The van der Waals surface area contributed by atoms with E-state index in [0.717, 1.165) is 12.0 Å². The highest BCUT2D eigenvalue weighted by molar-refractivity contribution is 5.76. The summed E-state index contributed by atoms with van der Waals surface area (Å²) in [7, 11) is 0. The number of fused-ring (bicyclic) bond motifs is 1. The minimum absolute atomic E-state index is 0.150. The zero-order chi connectivity index (χ0) is 9.97. The molecular weight excluding hydrogens is 180 g/mol. The molecule has 1 aliphatic heterocycles. The highest BCUT2D eigenvalue weighted by Gasteiger charge is 2.15. The molecule has 14 heavy (non-hydrogen) atoms. The quantitative estimate of drug-likeness (QED) is 0.734. The van der Waals surface area contributed by atoms with Crippen LogP contribution >= 0.6 is 0 Å². The number of hydrogen-bond donors (Lipinski definition) is 2. The molecule has 1 heterocycles. The second-order valence-electron chi connectivity index (χ2n) is 3.08. The van der Waals surface area contributed by atoms with Crippen molar-refractivity contribution in [3.63, 3.8) is 0 Å². The second-order valence-corrected chi connectivity index (χ2v) is 3.08. The van der Waals surface area contributed by atoms with Gasteiger partial charge in [-0.3, -0.25) is 0 Å². The van der Waals surface area contributed by atoms with E-state index in [2.05, 4.69) is 4.99 Å². The molecule has 0 radical (unpaired) electrons. The van der Waals surface area contributed by atoms with E-state index in [-0.39, 0.29) is 5.75 Å². The Labute approximate surface area is 82.0 Å². The first-order chi connectivity index (χ1) is 6.83. The number of hydrogen-bond acceptors (Lipinski definition) is 4. The molecule has 0 saturated heterocycles. The van der Waals surface area contributed by atoms with Crippen LogP contribution in [0.4, 0.5) is 5.69 Å². The van der Waals surface area contributed by atoms with Gasteiger partial charge in [0.25, 0.3) is 0 Å². The van der Waals surface area contributed by atoms with E-state index < -0.39 is 0 Å². The van der Waals surface area contributed by atoms with Crippen LogP contribution in [0.5, 0.6) is 11.5 Å². The van der Waals surface area contributed by atoms with Gasteiger partial charge in [0.2, 0.25) is 0 Å². The number of nitrogens with zero attached hydrogens (tertiary/aromatic N) is 1. The first kappa shape index (κ1) is 9.02. The predicted molar refractivity (Wildman–Crippen MR) is 54.5 cm³/mol. The molecule has 2 rings (SSSR count). The van der Waals surface area contributed by atoms with Crippen LogP contribution in [-0.4, -0.2) is 24.5 Å². The molecule has 0 spiro atoms. The van der Waals surface area contributed by atoms with E-state index in [1.165, 1.54) is 0 Å². The molecule has 1 aliphatic rings. The monoisotopic (exact) mass is 192 g/mol. The SMILES string of the molecule is NCCc1ccc(O)c2c1OCC=N2. The zero-order valence-corrected chi connectivity index (χ0v) is 7.73. The molecule has 0 bridgehead atoms. The van der Waals surface area contributed by atoms with Crippen molar-refractivity contribution >= 4 is 11.9 Å². The van der Waals surface area contributed by atoms with Gasteiger partial charge >= 0.3 is 0 Å². The summed E-state index contributed by atoms with van der Waals surface area (Å²) in [6, 6.07) is 3.44. The van der Waals surface area contributed by atoms with E-state index >= 15 is 0 Å². The lowest BCUT2D eigenvalue weighted by atomic mass is 10.1. The van der Waals surface area contributed by atoms with E-state index in [9.17, 15) is 5.11 Å². The number of benzene rings is 1. The van der Waals surface area contributed by atoms with Crippen molar-refractivity contribution in [2.75, 3.05) is 13.2 Å². The van der Waals surface area contributed by atoms with Crippen molar-refractivity contribution in [3.8, 4) is 11.5 Å². The molecule has 74 valence electrons. The lowest BCUT2D eigenvalue weighted by molar-refractivity contribution is 0.368. The molecular formula is C10H12N2O2. The van der Waals surface area contributed by atoms with Gasteiger partial charge in [0.15, 0.2) is 5.75 Å². The van der Waals surface area contributed by atoms with Crippen LogP contribution in [-0.2, 0) is 6.42 Å². The fourth-order valence-electron chi connectivity index (χ4n) is 1.49. The normalized spacial score (nSPS) is 13.5. The van der Waals surface area contributed by atoms with Gasteiger partial charge in [-0.1, -0.05) is 6.07 Å². The van der Waals surface area contributed by atoms with Crippen LogP contribution < -0.4 is 10.5 Å². The summed E-state index contributed by atoms with van der Waals surface area (Å²) in [5.74, 6) is 0.815. The maximum absolute atomic E-state index is 9.52. The van der Waals surface area contributed by atoms with Crippen LogP contribution in [0, 0.1) is 0 Å². The fourth-order valence-corrected chi connectivity index (χ4v) is 1.49. The average molecular weight is 192 g/mol. The summed E-state index contributed by atoms with van der Waals surface area (Å²) in [6.45, 7) is 1.01. The number of rotatable bonds is 2. The van der Waals surface area contributed by atoms with E-state index in [4.69, 9.17) is 10.5 Å². The molecule has 0 atom stereocenters. The maximum Gasteiger partial charge on any atom is 0.152 e. The van der Waals surface area contributed by atoms with E-state index in [0.29, 0.717) is 24.6 Å². The van der Waals surface area contributed by atoms with Gasteiger partial charge in [-0.15, -0.1) is 0 Å². The maximum atomic E-state index is 9.52. The van der Waals surface area contributed by atoms with Crippen LogP contribution in [0.1, 0.15) is 5.56 Å². The van der Waals surface area contributed by atoms with Crippen LogP contribution in [0.2, 0.25) is 0 Å². The topological polar surface area (TPSA) is 67.8 Å². The summed E-state index contributed by atoms with van der Waals surface area (Å²) in [5.41, 5.74) is 6.99. The summed E-state index contributed by atoms with van der Waals surface area (Å²) in [4.78, 5) is 4.09. The Balaban J connectivity index is 2.49. The number of aromatic hydroxyl groups is 1. The Morgan fingerprint density at radius 2 is 2.36 bits per heavy atom. The molecule has 4 heteroatoms. The van der Waals surface area contributed by atoms with Gasteiger partial charge in [0.1, 0.15) is 18.0 Å². The van der Waals surface area contributed by atoms with Gasteiger partial charge in [-0.05, 0) is 24.6 Å². The fraction of sp³-hybridized carbons (Fsp3) is 0.300. The number of aliphatic imine (C=N–C) groups is 1. The van der Waals surface area contributed by atoms with E-state index in [1.807, 2.05) is 6.07 Å². The number of nitrogens with two attached hydrogens (primary N) is 1. The zero-order valence-electron chi connectivity index (χ0n) is 7.73. The lowest BCUT2D eigenvalue weighted by Gasteiger charge is -2.16. The highest BCUT2D eigenvalue weighted by atomic mass is 16.5. The first-order valence-electron chi connectivity index (χ1n) is 4.53. The third-order valence-corrected chi connectivity index (χ3v) is 2.13. The summed E-state index contributed by atoms with van der Waals surface area (Å²) in [6.07, 6.45) is 2.37. The summed E-state index contributed by atoms with van der Waals surface area (Å²) >= 11 is 0. The molecule has 4 nitrogen and oxygen atoms in total.